The van der Waals surface area contributed by atoms with E-state index in [1.54, 1.807) is 0 Å². The monoisotopic (exact) mass is 179 g/mol. The maximum atomic E-state index is 10.5. The van der Waals surface area contributed by atoms with E-state index < -0.39 is 5.97 Å². The Hall–Kier alpha value is -1.55. The molecule has 68 valence electrons. The summed E-state index contributed by atoms with van der Waals surface area (Å²) >= 11 is 0. The zero-order valence-corrected chi connectivity index (χ0v) is 6.86. The maximum Gasteiger partial charge on any atom is 0.371 e. The lowest BCUT2D eigenvalue weighted by molar-refractivity contribution is 0.0660. The third-order valence-corrected chi connectivity index (χ3v) is 1.97. The number of nitrogens with two attached hydrogens (primary N) is 1. The first-order chi connectivity index (χ1) is 6.16. The predicted octanol–water partition coefficient (Wildman–Crippen LogP) is -0.730. The lowest BCUT2D eigenvalue weighted by atomic mass is 10.1. The van der Waals surface area contributed by atoms with Gasteiger partial charge in [-0.1, -0.05) is 6.08 Å². The van der Waals surface area contributed by atoms with E-state index in [9.17, 15) is 4.79 Å². The summed E-state index contributed by atoms with van der Waals surface area (Å²) in [6, 6.07) is 1.46. The number of aromatic carboxylic acids is 1. The van der Waals surface area contributed by atoms with Crippen LogP contribution >= 0.6 is 0 Å². The average molecular weight is 179 g/mol. The molecule has 1 heterocycles. The van der Waals surface area contributed by atoms with Crippen molar-refractivity contribution >= 4 is 18.1 Å². The Morgan fingerprint density at radius 2 is 2.46 bits per heavy atom. The fourth-order valence-corrected chi connectivity index (χ4v) is 1.36. The fourth-order valence-electron chi connectivity index (χ4n) is 1.36. The highest BCUT2D eigenvalue weighted by Gasteiger charge is 2.10. The highest BCUT2D eigenvalue weighted by atomic mass is 16.4. The number of carboxylic acid groups (broad SMARTS) is 1. The number of carbonyl (C=O) groups is 1. The molecule has 0 radical (unpaired) electrons. The Bertz CT molecular complexity index is 458. The van der Waals surface area contributed by atoms with Gasteiger partial charge in [-0.2, -0.15) is 0 Å². The summed E-state index contributed by atoms with van der Waals surface area (Å²) in [4.78, 5) is 10.5. The molecule has 0 saturated heterocycles. The van der Waals surface area contributed by atoms with Gasteiger partial charge >= 0.3 is 5.97 Å². The van der Waals surface area contributed by atoms with Crippen LogP contribution in [-0.4, -0.2) is 17.1 Å². The van der Waals surface area contributed by atoms with Crippen LogP contribution in [0.15, 0.2) is 10.5 Å². The van der Waals surface area contributed by atoms with Gasteiger partial charge in [0.1, 0.15) is 5.42 Å². The zero-order chi connectivity index (χ0) is 9.42. The normalized spacial score (nSPS) is 19.9. The number of hydrogen-bond acceptors (Lipinski definition) is 3. The molecule has 0 aromatic carbocycles. The molecule has 0 bridgehead atoms. The maximum absolute atomic E-state index is 10.5. The molecule has 0 aliphatic heterocycles. The highest BCUT2D eigenvalue weighted by molar-refractivity contribution is 5.84. The smallest absolute Gasteiger partial charge is 0.371 e. The predicted molar refractivity (Wildman–Crippen MR) is 46.4 cm³/mol. The van der Waals surface area contributed by atoms with E-state index >= 15 is 0 Å². The van der Waals surface area contributed by atoms with Gasteiger partial charge in [-0.25, -0.2) is 4.79 Å². The molecule has 1 aliphatic rings. The second kappa shape index (κ2) is 2.74. The molecule has 1 aromatic heterocycles. The van der Waals surface area contributed by atoms with Gasteiger partial charge in [0, 0.05) is 11.3 Å². The van der Waals surface area contributed by atoms with Crippen LogP contribution in [0.4, 0.5) is 0 Å². The molecule has 1 aliphatic carbocycles. The number of hydrogen-bond donors (Lipinski definition) is 2. The van der Waals surface area contributed by atoms with Crippen LogP contribution in [0.1, 0.15) is 17.0 Å². The summed E-state index contributed by atoms with van der Waals surface area (Å²) < 4.78 is 5.07. The summed E-state index contributed by atoms with van der Waals surface area (Å²) in [5.74, 6) is -1.09. The zero-order valence-electron chi connectivity index (χ0n) is 6.86. The Labute approximate surface area is 74.0 Å². The van der Waals surface area contributed by atoms with Crippen molar-refractivity contribution in [3.8, 4) is 0 Å². The molecule has 1 aromatic rings. The molecule has 4 nitrogen and oxygen atoms in total. The molecule has 1 atom stereocenters. The van der Waals surface area contributed by atoms with E-state index in [-0.39, 0.29) is 11.8 Å². The van der Waals surface area contributed by atoms with Crippen molar-refractivity contribution in [3.05, 3.63) is 22.5 Å². The van der Waals surface area contributed by atoms with E-state index in [2.05, 4.69) is 0 Å². The SMILES string of the molecule is NC1C=c2cc(C(=O)O)oc2=CC1. The molecular weight excluding hydrogens is 170 g/mol. The van der Waals surface area contributed by atoms with Crippen molar-refractivity contribution < 1.29 is 14.3 Å². The molecule has 1 unspecified atom stereocenters. The van der Waals surface area contributed by atoms with Gasteiger partial charge in [-0.15, -0.1) is 0 Å². The average Bonchev–Trinajstić information content (AvgIpc) is 2.46. The quantitative estimate of drug-likeness (QED) is 0.596. The Morgan fingerprint density at radius 3 is 3.15 bits per heavy atom. The van der Waals surface area contributed by atoms with Gasteiger partial charge in [0.05, 0.1) is 0 Å². The van der Waals surface area contributed by atoms with Crippen molar-refractivity contribution in [1.29, 1.82) is 0 Å². The van der Waals surface area contributed by atoms with Crippen LogP contribution in [0.3, 0.4) is 0 Å². The van der Waals surface area contributed by atoms with Crippen LogP contribution < -0.4 is 16.4 Å². The number of furan rings is 1. The third-order valence-electron chi connectivity index (χ3n) is 1.97. The van der Waals surface area contributed by atoms with Gasteiger partial charge < -0.3 is 15.3 Å². The Morgan fingerprint density at radius 1 is 1.69 bits per heavy atom. The minimum atomic E-state index is -1.05. The van der Waals surface area contributed by atoms with Crippen LogP contribution in [0.5, 0.6) is 0 Å². The molecule has 0 saturated carbocycles. The second-order valence-corrected chi connectivity index (χ2v) is 3.01. The lowest BCUT2D eigenvalue weighted by Gasteiger charge is -2.02. The molecule has 3 N–H and O–H groups in total. The first-order valence-electron chi connectivity index (χ1n) is 3.97. The molecule has 0 amide bonds. The van der Waals surface area contributed by atoms with E-state index in [1.807, 2.05) is 12.2 Å². The van der Waals surface area contributed by atoms with Crippen molar-refractivity contribution in [3.63, 3.8) is 0 Å². The number of carboxylic acids is 1. The van der Waals surface area contributed by atoms with E-state index in [1.165, 1.54) is 6.07 Å². The van der Waals surface area contributed by atoms with Gasteiger partial charge in [0.2, 0.25) is 5.76 Å². The van der Waals surface area contributed by atoms with E-state index in [0.29, 0.717) is 11.8 Å². The van der Waals surface area contributed by atoms with Crippen molar-refractivity contribution in [2.45, 2.75) is 12.5 Å². The Kier molecular flexibility index (Phi) is 1.70. The largest absolute Gasteiger partial charge is 0.475 e. The second-order valence-electron chi connectivity index (χ2n) is 3.01. The number of fused-ring (bicyclic) bond motifs is 1. The molecule has 4 heteroatoms. The van der Waals surface area contributed by atoms with E-state index in [4.69, 9.17) is 15.3 Å². The molecule has 0 spiro atoms. The summed E-state index contributed by atoms with van der Waals surface area (Å²) in [5.41, 5.74) is 6.27. The van der Waals surface area contributed by atoms with Gasteiger partial charge in [-0.3, -0.25) is 0 Å². The van der Waals surface area contributed by atoms with E-state index in [0.717, 1.165) is 5.22 Å². The summed E-state index contributed by atoms with van der Waals surface area (Å²) in [7, 11) is 0. The lowest BCUT2D eigenvalue weighted by Crippen LogP contribution is -2.30. The van der Waals surface area contributed by atoms with Crippen LogP contribution in [0.2, 0.25) is 0 Å². The first kappa shape index (κ1) is 8.07. The van der Waals surface area contributed by atoms with Gasteiger partial charge in [-0.05, 0) is 18.6 Å². The van der Waals surface area contributed by atoms with Gasteiger partial charge in [0.25, 0.3) is 0 Å². The minimum Gasteiger partial charge on any atom is -0.475 e. The molecular formula is C9H9NO3. The van der Waals surface area contributed by atoms with Crippen LogP contribution in [0, 0.1) is 0 Å². The third kappa shape index (κ3) is 1.36. The standard InChI is InChI=1S/C9H9NO3/c10-6-1-2-7-5(3-6)4-8(13-7)9(11)12/h2-4,6H,1,10H2,(H,11,12). The summed E-state index contributed by atoms with van der Waals surface area (Å²) in [5, 5.41) is 9.42. The first-order valence-corrected chi connectivity index (χ1v) is 3.97. The van der Waals surface area contributed by atoms with Crippen molar-refractivity contribution in [1.82, 2.24) is 0 Å². The summed E-state index contributed by atoms with van der Waals surface area (Å²) in [6.07, 6.45) is 4.32. The highest BCUT2D eigenvalue weighted by Crippen LogP contribution is 1.98. The molecule has 0 fully saturated rings. The van der Waals surface area contributed by atoms with Crippen molar-refractivity contribution in [2.75, 3.05) is 0 Å². The Balaban J connectivity index is 2.63. The van der Waals surface area contributed by atoms with Crippen LogP contribution in [-0.2, 0) is 0 Å². The minimum absolute atomic E-state index is 0.0354. The van der Waals surface area contributed by atoms with Crippen LogP contribution in [0.25, 0.3) is 12.2 Å². The topological polar surface area (TPSA) is 76.5 Å². The molecule has 2 rings (SSSR count). The number of rotatable bonds is 1. The van der Waals surface area contributed by atoms with Crippen molar-refractivity contribution in [2.24, 2.45) is 5.73 Å². The van der Waals surface area contributed by atoms with Gasteiger partial charge in [0.15, 0.2) is 0 Å². The fraction of sp³-hybridized carbons (Fsp3) is 0.222. The molecule has 13 heavy (non-hydrogen) atoms. The summed E-state index contributed by atoms with van der Waals surface area (Å²) in [6.45, 7) is 0.